The van der Waals surface area contributed by atoms with Gasteiger partial charge in [0.15, 0.2) is 0 Å². The largest absolute Gasteiger partial charge is 0.272 e. The smallest absolute Gasteiger partial charge is 0.270 e. The van der Waals surface area contributed by atoms with E-state index in [-0.39, 0.29) is 41.2 Å². The number of hydrazone groups is 1. The Balaban J connectivity index is 1.43. The number of carbonyl (C=O) groups excluding carboxylic acids is 2. The van der Waals surface area contributed by atoms with Gasteiger partial charge in [0.1, 0.15) is 0 Å². The zero-order valence-electron chi connectivity index (χ0n) is 13.2. The molecule has 4 aliphatic carbocycles. The summed E-state index contributed by atoms with van der Waals surface area (Å²) >= 11 is 0. The Bertz CT molecular complexity index is 841. The minimum Gasteiger partial charge on any atom is -0.272 e. The highest BCUT2D eigenvalue weighted by molar-refractivity contribution is 6.06. The number of non-ortho nitro benzene ring substituents is 1. The second kappa shape index (κ2) is 4.84. The molecule has 7 nitrogen and oxygen atoms in total. The van der Waals surface area contributed by atoms with Crippen LogP contribution in [0.2, 0.25) is 0 Å². The Morgan fingerprint density at radius 1 is 1.12 bits per heavy atom. The predicted molar refractivity (Wildman–Crippen MR) is 87.2 cm³/mol. The SMILES string of the molecule is O=C1[C@@H]2[C@H]3C=C[C@@H]([C@@H]4C[C@H]34)[C@H]2C(=O)N1N=Cc1cccc([N+](=O)[O-])c1. The van der Waals surface area contributed by atoms with E-state index < -0.39 is 4.92 Å². The lowest BCUT2D eigenvalue weighted by Gasteiger charge is -2.37. The van der Waals surface area contributed by atoms with Crippen LogP contribution in [0.5, 0.6) is 0 Å². The number of rotatable bonds is 3. The molecule has 0 unspecified atom stereocenters. The van der Waals surface area contributed by atoms with Crippen molar-refractivity contribution in [3.63, 3.8) is 0 Å². The summed E-state index contributed by atoms with van der Waals surface area (Å²) < 4.78 is 0. The molecule has 1 aromatic rings. The normalized spacial score (nSPS) is 37.5. The van der Waals surface area contributed by atoms with Crippen molar-refractivity contribution < 1.29 is 14.5 Å². The Morgan fingerprint density at radius 3 is 2.36 bits per heavy atom. The minimum atomic E-state index is -0.492. The first-order valence-corrected chi connectivity index (χ1v) is 8.41. The second-order valence-corrected chi connectivity index (χ2v) is 7.24. The van der Waals surface area contributed by atoms with Gasteiger partial charge in [0.2, 0.25) is 0 Å². The van der Waals surface area contributed by atoms with Crippen LogP contribution >= 0.6 is 0 Å². The zero-order chi connectivity index (χ0) is 17.3. The van der Waals surface area contributed by atoms with Gasteiger partial charge in [0.05, 0.1) is 23.0 Å². The number of amides is 2. The highest BCUT2D eigenvalue weighted by Crippen LogP contribution is 2.65. The van der Waals surface area contributed by atoms with E-state index in [9.17, 15) is 19.7 Å². The van der Waals surface area contributed by atoms with Crippen LogP contribution in [0.1, 0.15) is 12.0 Å². The molecule has 2 bridgehead atoms. The van der Waals surface area contributed by atoms with Crippen molar-refractivity contribution in [3.8, 4) is 0 Å². The number of carbonyl (C=O) groups is 2. The summed E-state index contributed by atoms with van der Waals surface area (Å²) in [6.45, 7) is 0. The van der Waals surface area contributed by atoms with E-state index in [2.05, 4.69) is 17.3 Å². The maximum absolute atomic E-state index is 12.7. The molecule has 1 heterocycles. The van der Waals surface area contributed by atoms with E-state index in [1.807, 2.05) is 0 Å². The molecule has 2 amide bonds. The average Bonchev–Trinajstić information content (AvgIpc) is 3.39. The fraction of sp³-hybridized carbons (Fsp3) is 0.389. The fourth-order valence-electron chi connectivity index (χ4n) is 4.90. The van der Waals surface area contributed by atoms with Crippen LogP contribution in [0.15, 0.2) is 41.5 Å². The fourth-order valence-corrected chi connectivity index (χ4v) is 4.90. The Labute approximate surface area is 143 Å². The van der Waals surface area contributed by atoms with Gasteiger partial charge in [-0.2, -0.15) is 10.1 Å². The van der Waals surface area contributed by atoms with Crippen molar-refractivity contribution in [2.75, 3.05) is 0 Å². The molecule has 6 atom stereocenters. The molecule has 5 aliphatic rings. The summed E-state index contributed by atoms with van der Waals surface area (Å²) in [4.78, 5) is 35.8. The van der Waals surface area contributed by atoms with Crippen LogP contribution in [0, 0.1) is 45.6 Å². The van der Waals surface area contributed by atoms with Gasteiger partial charge in [0.25, 0.3) is 17.5 Å². The minimum absolute atomic E-state index is 0.0565. The average molecular weight is 337 g/mol. The van der Waals surface area contributed by atoms with Crippen LogP contribution in [-0.4, -0.2) is 28.0 Å². The molecule has 25 heavy (non-hydrogen) atoms. The summed E-state index contributed by atoms with van der Waals surface area (Å²) in [7, 11) is 0. The molecule has 3 fully saturated rings. The highest BCUT2D eigenvalue weighted by Gasteiger charge is 2.67. The van der Waals surface area contributed by atoms with Gasteiger partial charge in [-0.1, -0.05) is 24.3 Å². The number of nitro benzene ring substituents is 1. The van der Waals surface area contributed by atoms with Crippen molar-refractivity contribution in [1.82, 2.24) is 5.01 Å². The molecule has 1 aliphatic heterocycles. The number of hydrogen-bond acceptors (Lipinski definition) is 5. The van der Waals surface area contributed by atoms with Crippen molar-refractivity contribution in [3.05, 3.63) is 52.1 Å². The third kappa shape index (κ3) is 1.95. The molecular weight excluding hydrogens is 322 g/mol. The van der Waals surface area contributed by atoms with E-state index in [4.69, 9.17) is 0 Å². The molecular formula is C18H15N3O4. The first-order valence-electron chi connectivity index (χ1n) is 8.41. The third-order valence-corrected chi connectivity index (χ3v) is 6.04. The lowest BCUT2D eigenvalue weighted by atomic mass is 9.63. The lowest BCUT2D eigenvalue weighted by molar-refractivity contribution is -0.384. The first kappa shape index (κ1) is 14.5. The van der Waals surface area contributed by atoms with Gasteiger partial charge in [-0.3, -0.25) is 19.7 Å². The molecule has 7 heteroatoms. The second-order valence-electron chi connectivity index (χ2n) is 7.24. The summed E-state index contributed by atoms with van der Waals surface area (Å²) in [5.74, 6) is 0.385. The maximum Gasteiger partial charge on any atom is 0.270 e. The van der Waals surface area contributed by atoms with E-state index in [1.165, 1.54) is 18.3 Å². The van der Waals surface area contributed by atoms with Gasteiger partial charge < -0.3 is 0 Å². The molecule has 6 rings (SSSR count). The molecule has 0 N–H and O–H groups in total. The third-order valence-electron chi connectivity index (χ3n) is 6.04. The van der Waals surface area contributed by atoms with E-state index in [0.717, 1.165) is 11.4 Å². The topological polar surface area (TPSA) is 92.9 Å². The molecule has 1 saturated heterocycles. The van der Waals surface area contributed by atoms with E-state index >= 15 is 0 Å². The van der Waals surface area contributed by atoms with Gasteiger partial charge in [0, 0.05) is 17.7 Å². The zero-order valence-corrected chi connectivity index (χ0v) is 13.2. The van der Waals surface area contributed by atoms with Crippen LogP contribution in [0.25, 0.3) is 0 Å². The molecule has 0 radical (unpaired) electrons. The van der Waals surface area contributed by atoms with Crippen molar-refractivity contribution >= 4 is 23.7 Å². The molecule has 2 saturated carbocycles. The lowest BCUT2D eigenvalue weighted by Crippen LogP contribution is -2.40. The van der Waals surface area contributed by atoms with E-state index in [0.29, 0.717) is 17.4 Å². The first-order chi connectivity index (χ1) is 12.1. The number of benzene rings is 1. The number of nitrogens with zero attached hydrogens (tertiary/aromatic N) is 3. The maximum atomic E-state index is 12.7. The molecule has 0 aromatic heterocycles. The van der Waals surface area contributed by atoms with E-state index in [1.54, 1.807) is 12.1 Å². The highest BCUT2D eigenvalue weighted by atomic mass is 16.6. The van der Waals surface area contributed by atoms with Crippen molar-refractivity contribution in [1.29, 1.82) is 0 Å². The van der Waals surface area contributed by atoms with Gasteiger partial charge in [-0.05, 0) is 30.1 Å². The molecule has 0 spiro atoms. The molecule has 126 valence electrons. The summed E-state index contributed by atoms with van der Waals surface area (Å²) in [5, 5.41) is 15.9. The van der Waals surface area contributed by atoms with Crippen molar-refractivity contribution in [2.24, 2.45) is 40.6 Å². The van der Waals surface area contributed by atoms with Crippen LogP contribution < -0.4 is 0 Å². The number of allylic oxidation sites excluding steroid dienone is 2. The summed E-state index contributed by atoms with van der Waals surface area (Å²) in [5.41, 5.74) is 0.424. The van der Waals surface area contributed by atoms with Crippen molar-refractivity contribution in [2.45, 2.75) is 6.42 Å². The Hall–Kier alpha value is -2.83. The van der Waals surface area contributed by atoms with Crippen LogP contribution in [0.3, 0.4) is 0 Å². The number of imide groups is 1. The Morgan fingerprint density at radius 2 is 1.76 bits per heavy atom. The predicted octanol–water partition coefficient (Wildman–Crippen LogP) is 1.98. The van der Waals surface area contributed by atoms with Gasteiger partial charge in [-0.25, -0.2) is 0 Å². The molecule has 1 aromatic carbocycles. The van der Waals surface area contributed by atoms with Gasteiger partial charge in [-0.15, -0.1) is 0 Å². The van der Waals surface area contributed by atoms with Gasteiger partial charge >= 0.3 is 0 Å². The standard InChI is InChI=1S/C18H15N3O4/c22-17-15-11-4-5-12(14-7-13(11)14)16(15)18(23)20(17)19-8-9-2-1-3-10(6-9)21(24)25/h1-6,8,11-16H,7H2/t11-,12-,13-,14+,15+,16+/m0/s1. The van der Waals surface area contributed by atoms with Crippen LogP contribution in [-0.2, 0) is 9.59 Å². The number of nitro groups is 1. The summed E-state index contributed by atoms with van der Waals surface area (Å²) in [6, 6.07) is 5.94. The Kier molecular flexibility index (Phi) is 2.81. The monoisotopic (exact) mass is 337 g/mol. The summed E-state index contributed by atoms with van der Waals surface area (Å²) in [6.07, 6.45) is 6.68. The quantitative estimate of drug-likeness (QED) is 0.277. The van der Waals surface area contributed by atoms with Crippen LogP contribution in [0.4, 0.5) is 5.69 Å². The number of hydrogen-bond donors (Lipinski definition) is 0.